The fourth-order valence-electron chi connectivity index (χ4n) is 2.74. The van der Waals surface area contributed by atoms with E-state index in [0.29, 0.717) is 12.4 Å². The average Bonchev–Trinajstić information content (AvgIpc) is 2.77. The Hall–Kier alpha value is -2.25. The molecule has 0 bridgehead atoms. The first-order chi connectivity index (χ1) is 11.5. The summed E-state index contributed by atoms with van der Waals surface area (Å²) < 4.78 is 28.2. The summed E-state index contributed by atoms with van der Waals surface area (Å²) in [4.78, 5) is 2.39. The Morgan fingerprint density at radius 1 is 1.12 bits per heavy atom. The first-order valence-electron chi connectivity index (χ1n) is 7.87. The van der Waals surface area contributed by atoms with Crippen molar-refractivity contribution < 1.29 is 13.2 Å². The molecule has 2 aromatic rings. The van der Waals surface area contributed by atoms with Crippen LogP contribution in [0, 0.1) is 0 Å². The lowest BCUT2D eigenvalue weighted by molar-refractivity contribution is 0.323. The van der Waals surface area contributed by atoms with Gasteiger partial charge in [-0.15, -0.1) is 0 Å². The second kappa shape index (κ2) is 7.11. The number of rotatable bonds is 5. The van der Waals surface area contributed by atoms with Crippen LogP contribution in [0.1, 0.15) is 6.42 Å². The van der Waals surface area contributed by atoms with E-state index in [1.165, 1.54) is 17.8 Å². The van der Waals surface area contributed by atoms with Crippen LogP contribution in [0.5, 0.6) is 5.75 Å². The van der Waals surface area contributed by atoms with Gasteiger partial charge in [0.1, 0.15) is 12.4 Å². The predicted octanol–water partition coefficient (Wildman–Crippen LogP) is 2.03. The molecule has 0 saturated carbocycles. The molecular formula is C17H21N3O3S. The van der Waals surface area contributed by atoms with Crippen LogP contribution >= 0.6 is 0 Å². The summed E-state index contributed by atoms with van der Waals surface area (Å²) in [6, 6.07) is 14.4. The topological polar surface area (TPSA) is 84.7 Å². The Bertz CT molecular complexity index is 791. The number of hydrogen-bond acceptors (Lipinski definition) is 5. The van der Waals surface area contributed by atoms with Crippen LogP contribution in [0.4, 0.5) is 11.4 Å². The number of primary sulfonamides is 1. The summed E-state index contributed by atoms with van der Waals surface area (Å²) >= 11 is 0. The first kappa shape index (κ1) is 16.6. The van der Waals surface area contributed by atoms with Gasteiger partial charge in [-0.3, -0.25) is 0 Å². The van der Waals surface area contributed by atoms with Crippen molar-refractivity contribution in [2.24, 2.45) is 5.14 Å². The Balaban J connectivity index is 1.60. The first-order valence-corrected chi connectivity index (χ1v) is 9.42. The van der Waals surface area contributed by atoms with Crippen molar-refractivity contribution in [3.63, 3.8) is 0 Å². The summed E-state index contributed by atoms with van der Waals surface area (Å²) in [5.74, 6) is 0.628. The molecule has 0 radical (unpaired) electrons. The number of nitrogens with two attached hydrogens (primary N) is 1. The van der Waals surface area contributed by atoms with Crippen molar-refractivity contribution in [1.82, 2.24) is 0 Å². The molecule has 0 fully saturated rings. The third kappa shape index (κ3) is 3.98. The third-order valence-corrected chi connectivity index (χ3v) is 4.88. The van der Waals surface area contributed by atoms with Gasteiger partial charge in [0, 0.05) is 13.1 Å². The molecule has 128 valence electrons. The van der Waals surface area contributed by atoms with Gasteiger partial charge in [-0.05, 0) is 42.8 Å². The molecule has 3 N–H and O–H groups in total. The highest BCUT2D eigenvalue weighted by atomic mass is 32.2. The number of ether oxygens (including phenoxy) is 1. The highest BCUT2D eigenvalue weighted by Crippen LogP contribution is 2.27. The lowest BCUT2D eigenvalue weighted by Gasteiger charge is -2.24. The predicted molar refractivity (Wildman–Crippen MR) is 95.1 cm³/mol. The zero-order chi connectivity index (χ0) is 17.0. The summed E-state index contributed by atoms with van der Waals surface area (Å²) in [7, 11) is -3.67. The molecule has 0 unspecified atom stereocenters. The molecule has 3 rings (SSSR count). The summed E-state index contributed by atoms with van der Waals surface area (Å²) in [6.07, 6.45) is 1.07. The summed E-state index contributed by atoms with van der Waals surface area (Å²) in [6.45, 7) is 3.21. The molecule has 0 amide bonds. The van der Waals surface area contributed by atoms with Gasteiger partial charge in [-0.1, -0.05) is 12.1 Å². The molecule has 1 heterocycles. The molecule has 7 heteroatoms. The second-order valence-electron chi connectivity index (χ2n) is 5.65. The Labute approximate surface area is 142 Å². The molecule has 0 aromatic heterocycles. The SMILES string of the molecule is NS(=O)(=O)c1ccc(OCCN2CCCNc3ccccc32)cc1. The van der Waals surface area contributed by atoms with Crippen molar-refractivity contribution in [3.05, 3.63) is 48.5 Å². The van der Waals surface area contributed by atoms with Gasteiger partial charge in [0.2, 0.25) is 10.0 Å². The smallest absolute Gasteiger partial charge is 0.238 e. The van der Waals surface area contributed by atoms with Crippen molar-refractivity contribution in [3.8, 4) is 5.75 Å². The fraction of sp³-hybridized carbons (Fsp3) is 0.294. The van der Waals surface area contributed by atoms with Crippen LogP contribution in [-0.2, 0) is 10.0 Å². The maximum atomic E-state index is 11.2. The monoisotopic (exact) mass is 347 g/mol. The fourth-order valence-corrected chi connectivity index (χ4v) is 3.26. The van der Waals surface area contributed by atoms with Crippen molar-refractivity contribution in [2.45, 2.75) is 11.3 Å². The van der Waals surface area contributed by atoms with E-state index in [1.54, 1.807) is 12.1 Å². The minimum atomic E-state index is -3.67. The van der Waals surface area contributed by atoms with Crippen LogP contribution in [0.3, 0.4) is 0 Å². The number of fused-ring (bicyclic) bond motifs is 1. The van der Waals surface area contributed by atoms with Crippen LogP contribution in [-0.4, -0.2) is 34.7 Å². The lowest BCUT2D eigenvalue weighted by atomic mass is 10.2. The molecule has 0 spiro atoms. The van der Waals surface area contributed by atoms with Gasteiger partial charge in [-0.25, -0.2) is 13.6 Å². The van der Waals surface area contributed by atoms with Crippen molar-refractivity contribution in [1.29, 1.82) is 0 Å². The molecular weight excluding hydrogens is 326 g/mol. The van der Waals surface area contributed by atoms with E-state index in [2.05, 4.69) is 22.3 Å². The van der Waals surface area contributed by atoms with E-state index in [1.807, 2.05) is 12.1 Å². The molecule has 1 aliphatic rings. The van der Waals surface area contributed by atoms with Gasteiger partial charge in [0.05, 0.1) is 22.8 Å². The van der Waals surface area contributed by atoms with E-state index in [9.17, 15) is 8.42 Å². The number of nitrogens with zero attached hydrogens (tertiary/aromatic N) is 1. The number of para-hydroxylation sites is 2. The second-order valence-corrected chi connectivity index (χ2v) is 7.21. The molecule has 0 aliphatic carbocycles. The largest absolute Gasteiger partial charge is 0.492 e. The number of sulfonamides is 1. The van der Waals surface area contributed by atoms with E-state index >= 15 is 0 Å². The van der Waals surface area contributed by atoms with Crippen molar-refractivity contribution in [2.75, 3.05) is 36.5 Å². The molecule has 1 aliphatic heterocycles. The lowest BCUT2D eigenvalue weighted by Crippen LogP contribution is -2.29. The molecule has 24 heavy (non-hydrogen) atoms. The normalized spacial score (nSPS) is 14.5. The Morgan fingerprint density at radius 2 is 1.88 bits per heavy atom. The number of nitrogens with one attached hydrogen (secondary N) is 1. The minimum absolute atomic E-state index is 0.0855. The molecule has 0 saturated heterocycles. The van der Waals surface area contributed by atoms with Gasteiger partial charge >= 0.3 is 0 Å². The van der Waals surface area contributed by atoms with Gasteiger partial charge in [-0.2, -0.15) is 0 Å². The third-order valence-electron chi connectivity index (χ3n) is 3.95. The zero-order valence-corrected chi connectivity index (χ0v) is 14.1. The van der Waals surface area contributed by atoms with Gasteiger partial charge in [0.25, 0.3) is 0 Å². The van der Waals surface area contributed by atoms with E-state index in [0.717, 1.165) is 31.7 Å². The number of anilines is 2. The average molecular weight is 347 g/mol. The van der Waals surface area contributed by atoms with Crippen LogP contribution in [0.25, 0.3) is 0 Å². The maximum Gasteiger partial charge on any atom is 0.238 e. The van der Waals surface area contributed by atoms with E-state index in [4.69, 9.17) is 9.88 Å². The minimum Gasteiger partial charge on any atom is -0.492 e. The van der Waals surface area contributed by atoms with Crippen LogP contribution in [0.15, 0.2) is 53.4 Å². The number of hydrogen-bond donors (Lipinski definition) is 2. The summed E-state index contributed by atoms with van der Waals surface area (Å²) in [5.41, 5.74) is 2.33. The van der Waals surface area contributed by atoms with Gasteiger partial charge in [0.15, 0.2) is 0 Å². The van der Waals surface area contributed by atoms with Crippen LogP contribution in [0.2, 0.25) is 0 Å². The highest BCUT2D eigenvalue weighted by Gasteiger charge is 2.14. The zero-order valence-electron chi connectivity index (χ0n) is 13.3. The standard InChI is InChI=1S/C17H21N3O3S/c18-24(21,22)15-8-6-14(7-9-15)23-13-12-20-11-3-10-19-16-4-1-2-5-17(16)20/h1-2,4-9,19H,3,10-13H2,(H2,18,21,22). The summed E-state index contributed by atoms with van der Waals surface area (Å²) in [5, 5.41) is 8.52. The quantitative estimate of drug-likeness (QED) is 0.864. The number of benzene rings is 2. The van der Waals surface area contributed by atoms with E-state index in [-0.39, 0.29) is 4.90 Å². The Morgan fingerprint density at radius 3 is 2.62 bits per heavy atom. The maximum absolute atomic E-state index is 11.2. The van der Waals surface area contributed by atoms with Crippen LogP contribution < -0.4 is 20.1 Å². The van der Waals surface area contributed by atoms with Gasteiger partial charge < -0.3 is 15.0 Å². The van der Waals surface area contributed by atoms with Crippen molar-refractivity contribution >= 4 is 21.4 Å². The molecule has 0 atom stereocenters. The Kier molecular flexibility index (Phi) is 4.92. The molecule has 2 aromatic carbocycles. The molecule has 6 nitrogen and oxygen atoms in total. The highest BCUT2D eigenvalue weighted by molar-refractivity contribution is 7.89. The van der Waals surface area contributed by atoms with E-state index < -0.39 is 10.0 Å².